The molecule has 0 unspecified atom stereocenters. The van der Waals surface area contributed by atoms with Crippen molar-refractivity contribution in [1.29, 1.82) is 0 Å². The molecule has 1 aromatic carbocycles. The van der Waals surface area contributed by atoms with Crippen LogP contribution in [-0.4, -0.2) is 23.8 Å². The summed E-state index contributed by atoms with van der Waals surface area (Å²) in [6.07, 6.45) is 4.01. The third-order valence-corrected chi connectivity index (χ3v) is 2.98. The first kappa shape index (κ1) is 18.7. The molecule has 0 amide bonds. The van der Waals surface area contributed by atoms with Crippen LogP contribution in [0.1, 0.15) is 46.5 Å². The molecule has 2 rings (SSSR count). The Hall–Kier alpha value is -1.35. The number of ether oxygens (including phenoxy) is 1. The van der Waals surface area contributed by atoms with E-state index in [0.717, 1.165) is 25.7 Å². The number of benzene rings is 1. The molecule has 0 saturated heterocycles. The highest BCUT2D eigenvalue weighted by Gasteiger charge is 2.21. The number of rotatable bonds is 1. The average Bonchev–Trinajstić information content (AvgIpc) is 2.95. The molecular formula is C17H28O3. The minimum Gasteiger partial charge on any atom is -0.481 e. The third-order valence-electron chi connectivity index (χ3n) is 2.98. The van der Waals surface area contributed by atoms with Crippen LogP contribution in [0.2, 0.25) is 0 Å². The van der Waals surface area contributed by atoms with Gasteiger partial charge in [0.1, 0.15) is 0 Å². The van der Waals surface area contributed by atoms with Crippen molar-refractivity contribution in [3.63, 3.8) is 0 Å². The molecule has 1 saturated carbocycles. The first-order chi connectivity index (χ1) is 9.37. The Morgan fingerprint density at radius 2 is 1.30 bits per heavy atom. The summed E-state index contributed by atoms with van der Waals surface area (Å²) in [5.41, 5.74) is 0.0417. The predicted octanol–water partition coefficient (Wildman–Crippen LogP) is 4.38. The molecule has 0 atom stereocenters. The molecule has 1 aliphatic rings. The molecule has 1 aromatic rings. The number of carboxylic acid groups (broad SMARTS) is 1. The van der Waals surface area contributed by atoms with Gasteiger partial charge in [0.15, 0.2) is 0 Å². The zero-order valence-corrected chi connectivity index (χ0v) is 13.1. The topological polar surface area (TPSA) is 46.5 Å². The van der Waals surface area contributed by atoms with E-state index in [0.29, 0.717) is 0 Å². The van der Waals surface area contributed by atoms with Crippen LogP contribution in [0.5, 0.6) is 0 Å². The highest BCUT2D eigenvalue weighted by atomic mass is 16.5. The number of methoxy groups -OCH3 is 1. The number of carbonyl (C=O) groups is 1. The Bertz CT molecular complexity index is 308. The van der Waals surface area contributed by atoms with Gasteiger partial charge < -0.3 is 9.84 Å². The monoisotopic (exact) mass is 280 g/mol. The van der Waals surface area contributed by atoms with Gasteiger partial charge in [-0.05, 0) is 33.6 Å². The summed E-state index contributed by atoms with van der Waals surface area (Å²) < 4.78 is 4.94. The second kappa shape index (κ2) is 10.4. The van der Waals surface area contributed by atoms with Crippen LogP contribution in [0.15, 0.2) is 36.4 Å². The Morgan fingerprint density at radius 1 is 1.00 bits per heavy atom. The van der Waals surface area contributed by atoms with Gasteiger partial charge in [-0.25, -0.2) is 0 Å². The summed E-state index contributed by atoms with van der Waals surface area (Å²) in [5, 5.41) is 8.41. The fraction of sp³-hybridized carbons (Fsp3) is 0.588. The smallest absolute Gasteiger partial charge is 0.306 e. The molecule has 0 heterocycles. The zero-order valence-electron chi connectivity index (χ0n) is 13.1. The van der Waals surface area contributed by atoms with Gasteiger partial charge in [-0.15, -0.1) is 0 Å². The second-order valence-electron chi connectivity index (χ2n) is 5.79. The fourth-order valence-corrected chi connectivity index (χ4v) is 1.56. The summed E-state index contributed by atoms with van der Waals surface area (Å²) in [7, 11) is 1.71. The lowest BCUT2D eigenvalue weighted by atomic mass is 10.1. The number of hydrogen-bond acceptors (Lipinski definition) is 2. The maximum atomic E-state index is 10.2. The van der Waals surface area contributed by atoms with Gasteiger partial charge in [-0.1, -0.05) is 49.2 Å². The van der Waals surface area contributed by atoms with Gasteiger partial charge in [0.2, 0.25) is 0 Å². The van der Waals surface area contributed by atoms with E-state index in [-0.39, 0.29) is 11.5 Å². The third kappa shape index (κ3) is 11.7. The van der Waals surface area contributed by atoms with Crippen molar-refractivity contribution in [2.45, 2.75) is 52.1 Å². The SMILES string of the molecule is COC(C)(C)C.O=C(O)C1CCCC1.c1ccccc1. The van der Waals surface area contributed by atoms with Crippen LogP contribution in [0.3, 0.4) is 0 Å². The highest BCUT2D eigenvalue weighted by molar-refractivity contribution is 5.70. The average molecular weight is 280 g/mol. The molecule has 0 aliphatic heterocycles. The van der Waals surface area contributed by atoms with Crippen LogP contribution in [0, 0.1) is 5.92 Å². The highest BCUT2D eigenvalue weighted by Crippen LogP contribution is 2.24. The first-order valence-electron chi connectivity index (χ1n) is 7.15. The summed E-state index contributed by atoms with van der Waals surface area (Å²) in [5.74, 6) is -0.627. The lowest BCUT2D eigenvalue weighted by Crippen LogP contribution is -2.15. The van der Waals surface area contributed by atoms with E-state index in [2.05, 4.69) is 0 Å². The quantitative estimate of drug-likeness (QED) is 0.830. The molecule has 3 nitrogen and oxygen atoms in total. The standard InChI is InChI=1S/C6H10O2.C6H6.C5H12O/c7-6(8)5-3-1-2-4-5;1-2-4-6-5-3-1;1-5(2,3)6-4/h5H,1-4H2,(H,7,8);1-6H;1-4H3. The number of hydrogen-bond donors (Lipinski definition) is 1. The normalized spacial score (nSPS) is 14.6. The van der Waals surface area contributed by atoms with Gasteiger partial charge in [-0.2, -0.15) is 0 Å². The molecule has 1 fully saturated rings. The van der Waals surface area contributed by atoms with Crippen molar-refractivity contribution in [3.05, 3.63) is 36.4 Å². The molecule has 114 valence electrons. The zero-order chi connectivity index (χ0) is 15.4. The van der Waals surface area contributed by atoms with E-state index in [1.807, 2.05) is 57.2 Å². The summed E-state index contributed by atoms with van der Waals surface area (Å²) in [6.45, 7) is 6.06. The van der Waals surface area contributed by atoms with Crippen molar-refractivity contribution in [2.24, 2.45) is 5.92 Å². The minimum atomic E-state index is -0.609. The van der Waals surface area contributed by atoms with E-state index < -0.39 is 5.97 Å². The van der Waals surface area contributed by atoms with Crippen LogP contribution < -0.4 is 0 Å². The van der Waals surface area contributed by atoms with Gasteiger partial charge in [0, 0.05) is 7.11 Å². The van der Waals surface area contributed by atoms with Gasteiger partial charge in [0.25, 0.3) is 0 Å². The Balaban J connectivity index is 0.000000276. The molecule has 1 aliphatic carbocycles. The Kier molecular flexibility index (Phi) is 9.73. The molecule has 3 heteroatoms. The predicted molar refractivity (Wildman–Crippen MR) is 82.8 cm³/mol. The molecule has 0 bridgehead atoms. The van der Waals surface area contributed by atoms with E-state index in [4.69, 9.17) is 9.84 Å². The van der Waals surface area contributed by atoms with Gasteiger partial charge >= 0.3 is 5.97 Å². The number of aliphatic carboxylic acids is 1. The van der Waals surface area contributed by atoms with Crippen LogP contribution in [0.25, 0.3) is 0 Å². The second-order valence-corrected chi connectivity index (χ2v) is 5.79. The van der Waals surface area contributed by atoms with Crippen LogP contribution in [-0.2, 0) is 9.53 Å². The molecule has 0 radical (unpaired) electrons. The summed E-state index contributed by atoms with van der Waals surface area (Å²) >= 11 is 0. The van der Waals surface area contributed by atoms with E-state index >= 15 is 0 Å². The van der Waals surface area contributed by atoms with Crippen molar-refractivity contribution >= 4 is 5.97 Å². The summed E-state index contributed by atoms with van der Waals surface area (Å²) in [6, 6.07) is 12.0. The van der Waals surface area contributed by atoms with Crippen LogP contribution >= 0.6 is 0 Å². The van der Waals surface area contributed by atoms with Crippen molar-refractivity contribution in [1.82, 2.24) is 0 Å². The van der Waals surface area contributed by atoms with E-state index in [1.54, 1.807) is 7.11 Å². The minimum absolute atomic E-state index is 0.0185. The van der Waals surface area contributed by atoms with Gasteiger partial charge in [0.05, 0.1) is 11.5 Å². The maximum absolute atomic E-state index is 10.2. The van der Waals surface area contributed by atoms with Crippen LogP contribution in [0.4, 0.5) is 0 Å². The largest absolute Gasteiger partial charge is 0.481 e. The lowest BCUT2D eigenvalue weighted by molar-refractivity contribution is -0.141. The van der Waals surface area contributed by atoms with E-state index in [9.17, 15) is 4.79 Å². The molecule has 0 spiro atoms. The molecule has 20 heavy (non-hydrogen) atoms. The fourth-order valence-electron chi connectivity index (χ4n) is 1.56. The van der Waals surface area contributed by atoms with E-state index in [1.165, 1.54) is 0 Å². The van der Waals surface area contributed by atoms with Crippen molar-refractivity contribution in [3.8, 4) is 0 Å². The van der Waals surface area contributed by atoms with Gasteiger partial charge in [-0.3, -0.25) is 4.79 Å². The maximum Gasteiger partial charge on any atom is 0.306 e. The Morgan fingerprint density at radius 3 is 1.45 bits per heavy atom. The van der Waals surface area contributed by atoms with Crippen molar-refractivity contribution < 1.29 is 14.6 Å². The first-order valence-corrected chi connectivity index (χ1v) is 7.15. The number of carboxylic acids is 1. The molecule has 0 aromatic heterocycles. The lowest BCUT2D eigenvalue weighted by Gasteiger charge is -2.14. The summed E-state index contributed by atoms with van der Waals surface area (Å²) in [4.78, 5) is 10.2. The van der Waals surface area contributed by atoms with Crippen molar-refractivity contribution in [2.75, 3.05) is 7.11 Å². The molecule has 1 N–H and O–H groups in total. The Labute approximate surface area is 123 Å². The molecular weight excluding hydrogens is 252 g/mol.